The van der Waals surface area contributed by atoms with Gasteiger partial charge in [-0.25, -0.2) is 0 Å². The summed E-state index contributed by atoms with van der Waals surface area (Å²) < 4.78 is 11.7. The lowest BCUT2D eigenvalue weighted by Gasteiger charge is -2.04. The van der Waals surface area contributed by atoms with Gasteiger partial charge in [0.1, 0.15) is 0 Å². The molecule has 0 N–H and O–H groups in total. The summed E-state index contributed by atoms with van der Waals surface area (Å²) in [5.41, 5.74) is 0.691. The van der Waals surface area contributed by atoms with E-state index in [1.807, 2.05) is 0 Å². The lowest BCUT2D eigenvalue weighted by atomic mass is 10.00. The van der Waals surface area contributed by atoms with Crippen LogP contribution in [-0.2, 0) is 4.94 Å². The van der Waals surface area contributed by atoms with Crippen molar-refractivity contribution in [2.24, 2.45) is 10.9 Å². The van der Waals surface area contributed by atoms with Gasteiger partial charge in [-0.1, -0.05) is 19.9 Å². The summed E-state index contributed by atoms with van der Waals surface area (Å²) in [6.07, 6.45) is 3.11. The van der Waals surface area contributed by atoms with Gasteiger partial charge in [0.25, 0.3) is 0 Å². The molecule has 0 aromatic rings. The Bertz CT molecular complexity index is 201. The van der Waals surface area contributed by atoms with Crippen LogP contribution in [0.25, 0.3) is 0 Å². The summed E-state index contributed by atoms with van der Waals surface area (Å²) in [5, 5.41) is 0. The number of nitrogens with zero attached hydrogens (tertiary/aromatic N) is 1. The number of allylic oxidation sites excluding steroid dienone is 1. The zero-order valence-electron chi connectivity index (χ0n) is 7.35. The van der Waals surface area contributed by atoms with Gasteiger partial charge >= 0.3 is 0 Å². The van der Waals surface area contributed by atoms with Crippen molar-refractivity contribution >= 4 is 5.71 Å². The molecule has 1 unspecified atom stereocenters. The second-order valence-electron chi connectivity index (χ2n) is 3.15. The van der Waals surface area contributed by atoms with E-state index in [9.17, 15) is 4.53 Å². The molecule has 68 valence electrons. The van der Waals surface area contributed by atoms with Gasteiger partial charge in [0.05, 0.1) is 5.71 Å². The smallest absolute Gasteiger partial charge is 0.185 e. The topological polar surface area (TPSA) is 21.6 Å². The van der Waals surface area contributed by atoms with Gasteiger partial charge < -0.3 is 0 Å². The standard InChI is InChI=1S/C9H14FNO/c1-3-4-8-5-9(11-6-8)7(2)12-10/h8H,2-6H2,1H3. The van der Waals surface area contributed by atoms with E-state index < -0.39 is 0 Å². The molecular weight excluding hydrogens is 157 g/mol. The minimum atomic E-state index is 0.0774. The number of rotatable bonds is 4. The highest BCUT2D eigenvalue weighted by Crippen LogP contribution is 2.22. The van der Waals surface area contributed by atoms with Crippen LogP contribution in [0.2, 0.25) is 0 Å². The Hall–Kier alpha value is -0.860. The molecule has 0 bridgehead atoms. The maximum absolute atomic E-state index is 11.7. The van der Waals surface area contributed by atoms with Crippen molar-refractivity contribution in [2.75, 3.05) is 6.54 Å². The molecule has 12 heavy (non-hydrogen) atoms. The summed E-state index contributed by atoms with van der Waals surface area (Å²) in [5.74, 6) is 0.644. The first-order chi connectivity index (χ1) is 5.77. The van der Waals surface area contributed by atoms with E-state index in [0.717, 1.165) is 25.8 Å². The van der Waals surface area contributed by atoms with Crippen LogP contribution in [0.4, 0.5) is 4.53 Å². The van der Waals surface area contributed by atoms with Crippen molar-refractivity contribution in [1.82, 2.24) is 0 Å². The SMILES string of the molecule is C=C(OF)C1=NCC(CCC)C1. The Morgan fingerprint density at radius 3 is 3.17 bits per heavy atom. The van der Waals surface area contributed by atoms with Gasteiger partial charge in [0.2, 0.25) is 0 Å². The molecule has 0 amide bonds. The Morgan fingerprint density at radius 1 is 1.83 bits per heavy atom. The van der Waals surface area contributed by atoms with Crippen molar-refractivity contribution in [1.29, 1.82) is 0 Å². The molecule has 0 aromatic heterocycles. The van der Waals surface area contributed by atoms with Crippen molar-refractivity contribution in [3.63, 3.8) is 0 Å². The highest BCUT2D eigenvalue weighted by molar-refractivity contribution is 5.99. The third kappa shape index (κ3) is 2.06. The van der Waals surface area contributed by atoms with Crippen LogP contribution in [0, 0.1) is 5.92 Å². The van der Waals surface area contributed by atoms with Crippen molar-refractivity contribution in [3.8, 4) is 0 Å². The molecule has 0 spiro atoms. The third-order valence-corrected chi connectivity index (χ3v) is 2.13. The Kier molecular flexibility index (Phi) is 3.26. The summed E-state index contributed by atoms with van der Waals surface area (Å²) in [4.78, 5) is 7.69. The molecule has 2 nitrogen and oxygen atoms in total. The number of hydrogen-bond donors (Lipinski definition) is 0. The highest BCUT2D eigenvalue weighted by atomic mass is 19.3. The molecule has 0 saturated heterocycles. The molecule has 0 aromatic carbocycles. The molecule has 1 rings (SSSR count). The zero-order chi connectivity index (χ0) is 8.97. The van der Waals surface area contributed by atoms with E-state index in [1.165, 1.54) is 0 Å². The maximum atomic E-state index is 11.7. The minimum Gasteiger partial charge on any atom is -0.293 e. The number of hydrogen-bond acceptors (Lipinski definition) is 2. The first-order valence-corrected chi connectivity index (χ1v) is 4.29. The Morgan fingerprint density at radius 2 is 2.58 bits per heavy atom. The summed E-state index contributed by atoms with van der Waals surface area (Å²) in [7, 11) is 0. The quantitative estimate of drug-likeness (QED) is 0.596. The first-order valence-electron chi connectivity index (χ1n) is 4.29. The van der Waals surface area contributed by atoms with E-state index >= 15 is 0 Å². The van der Waals surface area contributed by atoms with Crippen molar-refractivity contribution in [2.45, 2.75) is 26.2 Å². The fourth-order valence-corrected chi connectivity index (χ4v) is 1.49. The summed E-state index contributed by atoms with van der Waals surface area (Å²) in [6.45, 7) is 6.36. The van der Waals surface area contributed by atoms with E-state index in [2.05, 4.69) is 23.4 Å². The molecule has 0 aliphatic carbocycles. The van der Waals surface area contributed by atoms with E-state index in [-0.39, 0.29) is 5.76 Å². The lowest BCUT2D eigenvalue weighted by Crippen LogP contribution is -2.03. The predicted octanol–water partition coefficient (Wildman–Crippen LogP) is 2.66. The van der Waals surface area contributed by atoms with Crippen LogP contribution in [0.15, 0.2) is 17.3 Å². The van der Waals surface area contributed by atoms with Crippen LogP contribution in [0.1, 0.15) is 26.2 Å². The van der Waals surface area contributed by atoms with Crippen LogP contribution < -0.4 is 0 Å². The fraction of sp³-hybridized carbons (Fsp3) is 0.667. The van der Waals surface area contributed by atoms with Gasteiger partial charge in [0.15, 0.2) is 5.76 Å². The lowest BCUT2D eigenvalue weighted by molar-refractivity contribution is -0.0723. The zero-order valence-corrected chi connectivity index (χ0v) is 7.35. The first kappa shape index (κ1) is 9.23. The Balaban J connectivity index is 2.38. The maximum Gasteiger partial charge on any atom is 0.185 e. The largest absolute Gasteiger partial charge is 0.293 e. The summed E-state index contributed by atoms with van der Waals surface area (Å²) in [6, 6.07) is 0. The van der Waals surface area contributed by atoms with E-state index in [1.54, 1.807) is 0 Å². The molecular formula is C9H14FNO. The van der Waals surface area contributed by atoms with Gasteiger partial charge in [-0.3, -0.25) is 9.93 Å². The Labute approximate surface area is 72.0 Å². The van der Waals surface area contributed by atoms with E-state index in [0.29, 0.717) is 11.6 Å². The van der Waals surface area contributed by atoms with Gasteiger partial charge in [0, 0.05) is 11.1 Å². The second kappa shape index (κ2) is 4.24. The van der Waals surface area contributed by atoms with Crippen LogP contribution in [0.5, 0.6) is 0 Å². The predicted molar refractivity (Wildman–Crippen MR) is 46.7 cm³/mol. The second-order valence-corrected chi connectivity index (χ2v) is 3.15. The van der Waals surface area contributed by atoms with Gasteiger partial charge in [-0.15, -0.1) is 0 Å². The molecule has 1 aliphatic heterocycles. The van der Waals surface area contributed by atoms with Crippen molar-refractivity contribution in [3.05, 3.63) is 12.3 Å². The number of aliphatic imine (C=N–C) groups is 1. The highest BCUT2D eigenvalue weighted by Gasteiger charge is 2.20. The fourth-order valence-electron chi connectivity index (χ4n) is 1.49. The molecule has 0 saturated carbocycles. The van der Waals surface area contributed by atoms with Crippen molar-refractivity contribution < 1.29 is 9.47 Å². The molecule has 3 heteroatoms. The van der Waals surface area contributed by atoms with Crippen LogP contribution in [0.3, 0.4) is 0 Å². The minimum absolute atomic E-state index is 0.0774. The third-order valence-electron chi connectivity index (χ3n) is 2.13. The average Bonchev–Trinajstić information content (AvgIpc) is 2.52. The molecule has 1 aliphatic rings. The molecule has 0 radical (unpaired) electrons. The number of halogens is 1. The normalized spacial score (nSPS) is 22.2. The molecule has 1 heterocycles. The van der Waals surface area contributed by atoms with Crippen LogP contribution in [-0.4, -0.2) is 12.3 Å². The molecule has 0 fully saturated rings. The van der Waals surface area contributed by atoms with Crippen LogP contribution >= 0.6 is 0 Å². The van der Waals surface area contributed by atoms with Gasteiger partial charge in [-0.2, -0.15) is 0 Å². The molecule has 1 atom stereocenters. The monoisotopic (exact) mass is 171 g/mol. The van der Waals surface area contributed by atoms with Gasteiger partial charge in [-0.05, 0) is 18.8 Å². The van der Waals surface area contributed by atoms with E-state index in [4.69, 9.17) is 0 Å². The average molecular weight is 171 g/mol. The summed E-state index contributed by atoms with van der Waals surface area (Å²) >= 11 is 0.